The minimum atomic E-state index is 0.987. The van der Waals surface area contributed by atoms with Gasteiger partial charge in [0.05, 0.1) is 0 Å². The zero-order chi connectivity index (χ0) is 9.26. The molecule has 1 aromatic carbocycles. The van der Waals surface area contributed by atoms with Crippen molar-refractivity contribution in [1.29, 1.82) is 0 Å². The monoisotopic (exact) mass is 237 g/mol. The Labute approximate surface area is 87.0 Å². The molecule has 1 nitrogen and oxygen atoms in total. The number of benzene rings is 1. The van der Waals surface area contributed by atoms with Gasteiger partial charge in [0.1, 0.15) is 0 Å². The van der Waals surface area contributed by atoms with Gasteiger partial charge in [-0.2, -0.15) is 0 Å². The Hall–Kier alpha value is -0.600. The van der Waals surface area contributed by atoms with Crippen LogP contribution in [0.1, 0.15) is 11.1 Å². The molecule has 0 bridgehead atoms. The summed E-state index contributed by atoms with van der Waals surface area (Å²) in [4.78, 5) is 0. The summed E-state index contributed by atoms with van der Waals surface area (Å²) in [6.45, 7) is 0.987. The van der Waals surface area contributed by atoms with Crippen molar-refractivity contribution in [3.05, 3.63) is 39.4 Å². The molecule has 0 amide bonds. The van der Waals surface area contributed by atoms with E-state index in [1.54, 1.807) is 0 Å². The molecule has 1 aliphatic carbocycles. The van der Waals surface area contributed by atoms with Crippen molar-refractivity contribution in [2.24, 2.45) is 0 Å². The van der Waals surface area contributed by atoms with Crippen LogP contribution < -0.4 is 5.32 Å². The molecule has 0 fully saturated rings. The quantitative estimate of drug-likeness (QED) is 0.835. The largest absolute Gasteiger partial charge is 0.316 e. The Bertz CT molecular complexity index is 355. The average Bonchev–Trinajstić information content (AvgIpc) is 2.49. The van der Waals surface area contributed by atoms with Gasteiger partial charge in [-0.1, -0.05) is 39.7 Å². The molecule has 1 N–H and O–H groups in total. The van der Waals surface area contributed by atoms with Crippen molar-refractivity contribution < 1.29 is 0 Å². The lowest BCUT2D eigenvalue weighted by atomic mass is 10.1. The molecule has 0 spiro atoms. The standard InChI is InChI=1S/C11H12BrN/c1-13-7-8-5-9-3-2-4-11(12)10(9)6-8/h2-5,13H,6-7H2,1H3. The molecular formula is C11H12BrN. The molecule has 0 radical (unpaired) electrons. The predicted octanol–water partition coefficient (Wildman–Crippen LogP) is 2.61. The van der Waals surface area contributed by atoms with Crippen LogP contribution in [0.5, 0.6) is 0 Å². The molecule has 68 valence electrons. The average molecular weight is 238 g/mol. The molecule has 0 atom stereocenters. The number of hydrogen-bond donors (Lipinski definition) is 1. The number of likely N-dealkylation sites (N-methyl/N-ethyl adjacent to an activating group) is 1. The van der Waals surface area contributed by atoms with E-state index in [0.717, 1.165) is 13.0 Å². The third-order valence-electron chi connectivity index (χ3n) is 2.32. The fourth-order valence-corrected chi connectivity index (χ4v) is 2.26. The van der Waals surface area contributed by atoms with E-state index < -0.39 is 0 Å². The SMILES string of the molecule is CNCC1=Cc2cccc(Br)c2C1. The summed E-state index contributed by atoms with van der Waals surface area (Å²) in [7, 11) is 1.98. The number of hydrogen-bond acceptors (Lipinski definition) is 1. The molecule has 0 aromatic heterocycles. The molecule has 13 heavy (non-hydrogen) atoms. The summed E-state index contributed by atoms with van der Waals surface area (Å²) >= 11 is 3.57. The Morgan fingerprint density at radius 3 is 3.00 bits per heavy atom. The highest BCUT2D eigenvalue weighted by Crippen LogP contribution is 2.30. The number of rotatable bonds is 2. The van der Waals surface area contributed by atoms with Crippen LogP contribution in [0.2, 0.25) is 0 Å². The highest BCUT2D eigenvalue weighted by atomic mass is 79.9. The zero-order valence-electron chi connectivity index (χ0n) is 7.60. The molecule has 1 aliphatic rings. The van der Waals surface area contributed by atoms with E-state index in [1.165, 1.54) is 21.2 Å². The maximum atomic E-state index is 3.57. The molecule has 0 aliphatic heterocycles. The molecule has 2 heteroatoms. The van der Waals surface area contributed by atoms with E-state index in [1.807, 2.05) is 7.05 Å². The Balaban J connectivity index is 2.30. The van der Waals surface area contributed by atoms with Gasteiger partial charge in [-0.05, 0) is 30.7 Å². The highest BCUT2D eigenvalue weighted by Gasteiger charge is 2.13. The minimum Gasteiger partial charge on any atom is -0.316 e. The molecular weight excluding hydrogens is 226 g/mol. The topological polar surface area (TPSA) is 12.0 Å². The summed E-state index contributed by atoms with van der Waals surface area (Å²) in [6, 6.07) is 6.36. The Morgan fingerprint density at radius 2 is 2.31 bits per heavy atom. The number of halogens is 1. The van der Waals surface area contributed by atoms with E-state index in [9.17, 15) is 0 Å². The van der Waals surface area contributed by atoms with Gasteiger partial charge in [0, 0.05) is 11.0 Å². The van der Waals surface area contributed by atoms with Crippen molar-refractivity contribution in [3.8, 4) is 0 Å². The normalized spacial score (nSPS) is 14.2. The lowest BCUT2D eigenvalue weighted by Crippen LogP contribution is -2.10. The van der Waals surface area contributed by atoms with Crippen molar-refractivity contribution in [2.45, 2.75) is 6.42 Å². The minimum absolute atomic E-state index is 0.987. The summed E-state index contributed by atoms with van der Waals surface area (Å²) in [6.07, 6.45) is 3.36. The van der Waals surface area contributed by atoms with E-state index in [2.05, 4.69) is 45.5 Å². The van der Waals surface area contributed by atoms with E-state index in [-0.39, 0.29) is 0 Å². The van der Waals surface area contributed by atoms with Gasteiger partial charge in [0.2, 0.25) is 0 Å². The second-order valence-electron chi connectivity index (χ2n) is 3.32. The van der Waals surface area contributed by atoms with Gasteiger partial charge in [-0.25, -0.2) is 0 Å². The summed E-state index contributed by atoms with van der Waals surface area (Å²) in [5, 5.41) is 3.18. The van der Waals surface area contributed by atoms with Crippen molar-refractivity contribution in [2.75, 3.05) is 13.6 Å². The second-order valence-corrected chi connectivity index (χ2v) is 4.17. The van der Waals surface area contributed by atoms with Crippen molar-refractivity contribution in [1.82, 2.24) is 5.32 Å². The van der Waals surface area contributed by atoms with Gasteiger partial charge in [0.25, 0.3) is 0 Å². The molecule has 0 unspecified atom stereocenters. The van der Waals surface area contributed by atoms with Crippen LogP contribution >= 0.6 is 15.9 Å². The fraction of sp³-hybridized carbons (Fsp3) is 0.273. The summed E-state index contributed by atoms with van der Waals surface area (Å²) in [5.41, 5.74) is 4.25. The lowest BCUT2D eigenvalue weighted by Gasteiger charge is -2.01. The van der Waals surface area contributed by atoms with Crippen LogP contribution in [-0.4, -0.2) is 13.6 Å². The molecule has 1 aromatic rings. The predicted molar refractivity (Wildman–Crippen MR) is 59.7 cm³/mol. The first-order valence-electron chi connectivity index (χ1n) is 4.42. The van der Waals surface area contributed by atoms with Crippen molar-refractivity contribution in [3.63, 3.8) is 0 Å². The summed E-state index contributed by atoms with van der Waals surface area (Å²) < 4.78 is 1.23. The third-order valence-corrected chi connectivity index (χ3v) is 3.07. The fourth-order valence-electron chi connectivity index (χ4n) is 1.74. The molecule has 0 saturated carbocycles. The molecule has 2 rings (SSSR count). The summed E-state index contributed by atoms with van der Waals surface area (Å²) in [5.74, 6) is 0. The van der Waals surface area contributed by atoms with Crippen LogP contribution in [0.3, 0.4) is 0 Å². The molecule has 0 saturated heterocycles. The van der Waals surface area contributed by atoms with Crippen LogP contribution in [0.25, 0.3) is 6.08 Å². The number of nitrogens with one attached hydrogen (secondary N) is 1. The maximum Gasteiger partial charge on any atom is 0.0216 e. The van der Waals surface area contributed by atoms with E-state index >= 15 is 0 Å². The van der Waals surface area contributed by atoms with E-state index in [4.69, 9.17) is 0 Å². The van der Waals surface area contributed by atoms with Gasteiger partial charge in [-0.15, -0.1) is 0 Å². The third kappa shape index (κ3) is 1.69. The molecule has 0 heterocycles. The Kier molecular flexibility index (Phi) is 2.51. The van der Waals surface area contributed by atoms with Crippen molar-refractivity contribution >= 4 is 22.0 Å². The van der Waals surface area contributed by atoms with Gasteiger partial charge in [-0.3, -0.25) is 0 Å². The van der Waals surface area contributed by atoms with Crippen LogP contribution in [-0.2, 0) is 6.42 Å². The first kappa shape index (κ1) is 8.97. The second kappa shape index (κ2) is 3.64. The van der Waals surface area contributed by atoms with Crippen LogP contribution in [0, 0.1) is 0 Å². The zero-order valence-corrected chi connectivity index (χ0v) is 9.19. The smallest absolute Gasteiger partial charge is 0.0216 e. The number of fused-ring (bicyclic) bond motifs is 1. The van der Waals surface area contributed by atoms with Gasteiger partial charge in [0.15, 0.2) is 0 Å². The van der Waals surface area contributed by atoms with E-state index in [0.29, 0.717) is 0 Å². The van der Waals surface area contributed by atoms with Crippen LogP contribution in [0.15, 0.2) is 28.2 Å². The van der Waals surface area contributed by atoms with Gasteiger partial charge < -0.3 is 5.32 Å². The maximum absolute atomic E-state index is 3.57. The first-order chi connectivity index (χ1) is 6.31. The first-order valence-corrected chi connectivity index (χ1v) is 5.22. The van der Waals surface area contributed by atoms with Crippen LogP contribution in [0.4, 0.5) is 0 Å². The van der Waals surface area contributed by atoms with Gasteiger partial charge >= 0.3 is 0 Å². The highest BCUT2D eigenvalue weighted by molar-refractivity contribution is 9.10. The lowest BCUT2D eigenvalue weighted by molar-refractivity contribution is 0.865. The Morgan fingerprint density at radius 1 is 1.46 bits per heavy atom.